The van der Waals surface area contributed by atoms with Gasteiger partial charge in [-0.3, -0.25) is 14.6 Å². The normalized spacial score (nSPS) is 21.3. The number of para-hydroxylation sites is 1. The predicted octanol–water partition coefficient (Wildman–Crippen LogP) is 4.74. The van der Waals surface area contributed by atoms with Crippen molar-refractivity contribution in [2.45, 2.75) is 57.0 Å². The Morgan fingerprint density at radius 3 is 2.47 bits per heavy atom. The van der Waals surface area contributed by atoms with Crippen molar-refractivity contribution in [3.05, 3.63) is 84.1 Å². The van der Waals surface area contributed by atoms with Crippen molar-refractivity contribution < 1.29 is 27.4 Å². The number of piperazine rings is 2. The van der Waals surface area contributed by atoms with E-state index in [2.05, 4.69) is 71.6 Å². The van der Waals surface area contributed by atoms with E-state index in [1.54, 1.807) is 19.2 Å². The zero-order valence-corrected chi connectivity index (χ0v) is 27.6. The van der Waals surface area contributed by atoms with Gasteiger partial charge in [0.2, 0.25) is 5.91 Å². The number of rotatable bonds is 12. The van der Waals surface area contributed by atoms with Gasteiger partial charge in [0.15, 0.2) is 0 Å². The number of ether oxygens (including phenoxy) is 2. The number of nitrogens with zero attached hydrogens (tertiary/aromatic N) is 3. The SMILES string of the molecule is COc1ccccc1CN1CC2CC1CN2Cc1ccc2c(c1)c(-c1ccc(OC(F)(F)F)cc1)cn2CCCNC(=O)C1CNCCN1. The van der Waals surface area contributed by atoms with Crippen LogP contribution in [0, 0.1) is 0 Å². The number of aromatic nitrogens is 1. The molecule has 0 spiro atoms. The third-order valence-corrected chi connectivity index (χ3v) is 10.00. The van der Waals surface area contributed by atoms with Gasteiger partial charge in [-0.05, 0) is 54.3 Å². The van der Waals surface area contributed by atoms with Crippen LogP contribution in [0.5, 0.6) is 11.5 Å². The highest BCUT2D eigenvalue weighted by Gasteiger charge is 2.43. The van der Waals surface area contributed by atoms with Gasteiger partial charge in [-0.2, -0.15) is 0 Å². The van der Waals surface area contributed by atoms with Gasteiger partial charge in [-0.25, -0.2) is 0 Å². The Morgan fingerprint density at radius 2 is 1.76 bits per heavy atom. The van der Waals surface area contributed by atoms with Gasteiger partial charge < -0.3 is 30.0 Å². The largest absolute Gasteiger partial charge is 0.573 e. The summed E-state index contributed by atoms with van der Waals surface area (Å²) < 4.78 is 50.4. The molecule has 3 fully saturated rings. The number of nitrogens with one attached hydrogen (secondary N) is 3. The molecule has 4 aromatic rings. The second-order valence-electron chi connectivity index (χ2n) is 13.2. The topological polar surface area (TPSA) is 83.0 Å². The van der Waals surface area contributed by atoms with Crippen molar-refractivity contribution in [1.82, 2.24) is 30.3 Å². The maximum atomic E-state index is 12.8. The number of amides is 1. The first-order valence-corrected chi connectivity index (χ1v) is 17.0. The Kier molecular flexibility index (Phi) is 9.82. The van der Waals surface area contributed by atoms with Crippen LogP contribution in [0.1, 0.15) is 24.0 Å². The number of fused-ring (bicyclic) bond motifs is 3. The lowest BCUT2D eigenvalue weighted by atomic mass is 10.0. The maximum Gasteiger partial charge on any atom is 0.573 e. The van der Waals surface area contributed by atoms with E-state index in [-0.39, 0.29) is 17.7 Å². The van der Waals surface area contributed by atoms with Gasteiger partial charge in [-0.1, -0.05) is 36.4 Å². The fourth-order valence-electron chi connectivity index (χ4n) is 7.62. The predicted molar refractivity (Wildman–Crippen MR) is 182 cm³/mol. The van der Waals surface area contributed by atoms with Gasteiger partial charge in [0.1, 0.15) is 11.5 Å². The Hall–Kier alpha value is -4.10. The van der Waals surface area contributed by atoms with Crippen molar-refractivity contribution in [2.24, 2.45) is 0 Å². The summed E-state index contributed by atoms with van der Waals surface area (Å²) in [6.07, 6.45) is -0.797. The molecule has 3 aliphatic rings. The molecule has 7 rings (SSSR count). The molecular formula is C37H43F3N6O3. The third-order valence-electron chi connectivity index (χ3n) is 10.00. The molecule has 260 valence electrons. The minimum atomic E-state index is -4.74. The van der Waals surface area contributed by atoms with E-state index in [1.807, 2.05) is 12.1 Å². The first kappa shape index (κ1) is 33.4. The summed E-state index contributed by atoms with van der Waals surface area (Å²) in [6.45, 7) is 7.20. The smallest absolute Gasteiger partial charge is 0.496 e. The summed E-state index contributed by atoms with van der Waals surface area (Å²) in [5.41, 5.74) is 5.22. The molecule has 3 saturated heterocycles. The lowest BCUT2D eigenvalue weighted by Crippen LogP contribution is -2.55. The number of benzene rings is 3. The molecular weight excluding hydrogens is 633 g/mol. The van der Waals surface area contributed by atoms with Gasteiger partial charge in [-0.15, -0.1) is 13.2 Å². The second kappa shape index (κ2) is 14.4. The third kappa shape index (κ3) is 7.72. The fraction of sp³-hybridized carbons (Fsp3) is 0.432. The Morgan fingerprint density at radius 1 is 0.980 bits per heavy atom. The number of alkyl halides is 3. The maximum absolute atomic E-state index is 12.8. The summed E-state index contributed by atoms with van der Waals surface area (Å²) in [7, 11) is 1.72. The average molecular weight is 677 g/mol. The molecule has 3 aromatic carbocycles. The standard InChI is InChI=1S/C37H43F3N6O3/c1-48-35-6-3-2-5-27(35)21-46-23-28-18-29(46)22-45(28)20-25-7-12-34-31(17-25)32(26-8-10-30(11-9-26)49-37(38,39)40)24-44(34)16-4-13-43-36(47)33-19-41-14-15-42-33/h2-3,5-12,17,24,28-29,33,41-42H,4,13-16,18-23H2,1H3,(H,43,47). The van der Waals surface area contributed by atoms with Crippen molar-refractivity contribution in [2.75, 3.05) is 46.4 Å². The summed E-state index contributed by atoms with van der Waals surface area (Å²) in [6, 6.07) is 21.6. The molecule has 49 heavy (non-hydrogen) atoms. The minimum Gasteiger partial charge on any atom is -0.496 e. The van der Waals surface area contributed by atoms with E-state index in [1.165, 1.54) is 23.3 Å². The number of likely N-dealkylation sites (tertiary alicyclic amines) is 2. The molecule has 4 heterocycles. The molecule has 3 N–H and O–H groups in total. The van der Waals surface area contributed by atoms with E-state index in [9.17, 15) is 18.0 Å². The van der Waals surface area contributed by atoms with E-state index < -0.39 is 6.36 Å². The van der Waals surface area contributed by atoms with Crippen molar-refractivity contribution in [1.29, 1.82) is 0 Å². The van der Waals surface area contributed by atoms with Crippen LogP contribution >= 0.6 is 0 Å². The molecule has 3 aliphatic heterocycles. The number of halogens is 3. The zero-order valence-electron chi connectivity index (χ0n) is 27.6. The Balaban J connectivity index is 1.06. The number of carbonyl (C=O) groups is 1. The summed E-state index contributed by atoms with van der Waals surface area (Å²) in [5.74, 6) is 0.678. The average Bonchev–Trinajstić information content (AvgIpc) is 3.79. The quantitative estimate of drug-likeness (QED) is 0.187. The van der Waals surface area contributed by atoms with Gasteiger partial charge in [0.25, 0.3) is 0 Å². The number of aryl methyl sites for hydroxylation is 1. The van der Waals surface area contributed by atoms with Crippen LogP contribution in [-0.4, -0.2) is 91.1 Å². The monoisotopic (exact) mass is 676 g/mol. The molecule has 0 saturated carbocycles. The molecule has 3 atom stereocenters. The van der Waals surface area contributed by atoms with Crippen molar-refractivity contribution in [3.8, 4) is 22.6 Å². The van der Waals surface area contributed by atoms with Crippen LogP contribution < -0.4 is 25.4 Å². The van der Waals surface area contributed by atoms with Gasteiger partial charge >= 0.3 is 6.36 Å². The fourth-order valence-corrected chi connectivity index (χ4v) is 7.62. The molecule has 1 amide bonds. The van der Waals surface area contributed by atoms with Gasteiger partial charge in [0, 0.05) is 99.2 Å². The van der Waals surface area contributed by atoms with Crippen LogP contribution in [0.4, 0.5) is 13.2 Å². The molecule has 2 bridgehead atoms. The van der Waals surface area contributed by atoms with Crippen molar-refractivity contribution >= 4 is 16.8 Å². The van der Waals surface area contributed by atoms with E-state index in [0.717, 1.165) is 79.9 Å². The zero-order chi connectivity index (χ0) is 34.0. The number of hydrogen-bond acceptors (Lipinski definition) is 7. The van der Waals surface area contributed by atoms with E-state index in [0.29, 0.717) is 31.7 Å². The Bertz CT molecular complexity index is 1750. The number of carbonyl (C=O) groups excluding carboxylic acids is 1. The number of methoxy groups -OCH3 is 1. The summed E-state index contributed by atoms with van der Waals surface area (Å²) >= 11 is 0. The van der Waals surface area contributed by atoms with E-state index in [4.69, 9.17) is 4.74 Å². The molecule has 3 unspecified atom stereocenters. The van der Waals surface area contributed by atoms with Crippen molar-refractivity contribution in [3.63, 3.8) is 0 Å². The van der Waals surface area contributed by atoms with Crippen LogP contribution in [0.25, 0.3) is 22.0 Å². The molecule has 9 nitrogen and oxygen atoms in total. The first-order valence-electron chi connectivity index (χ1n) is 17.0. The van der Waals surface area contributed by atoms with Crippen LogP contribution in [-0.2, 0) is 24.4 Å². The van der Waals surface area contributed by atoms with E-state index >= 15 is 0 Å². The first-order chi connectivity index (χ1) is 23.7. The highest BCUT2D eigenvalue weighted by Crippen LogP contribution is 2.37. The molecule has 12 heteroatoms. The highest BCUT2D eigenvalue weighted by atomic mass is 19.4. The summed E-state index contributed by atoms with van der Waals surface area (Å²) in [4.78, 5) is 17.7. The van der Waals surface area contributed by atoms with Crippen LogP contribution in [0.3, 0.4) is 0 Å². The highest BCUT2D eigenvalue weighted by molar-refractivity contribution is 5.96. The lowest BCUT2D eigenvalue weighted by molar-refractivity contribution is -0.274. The minimum absolute atomic E-state index is 0.00501. The summed E-state index contributed by atoms with van der Waals surface area (Å²) in [5, 5.41) is 10.6. The van der Waals surface area contributed by atoms with Crippen LogP contribution in [0.2, 0.25) is 0 Å². The number of hydrogen-bond donors (Lipinski definition) is 3. The molecule has 1 aromatic heterocycles. The van der Waals surface area contributed by atoms with Crippen LogP contribution in [0.15, 0.2) is 72.9 Å². The Labute approximate surface area is 284 Å². The molecule has 0 aliphatic carbocycles. The van der Waals surface area contributed by atoms with Gasteiger partial charge in [0.05, 0.1) is 13.2 Å². The second-order valence-corrected chi connectivity index (χ2v) is 13.2. The lowest BCUT2D eigenvalue weighted by Gasteiger charge is -2.34. The molecule has 0 radical (unpaired) electrons.